The number of nitrogens with zero attached hydrogens (tertiary/aromatic N) is 1. The third kappa shape index (κ3) is 6.42. The number of carbonyl (C=O) groups excluding carboxylic acids is 2. The van der Waals surface area contributed by atoms with Crippen LogP contribution in [0.25, 0.3) is 10.9 Å². The highest BCUT2D eigenvalue weighted by Gasteiger charge is 2.19. The lowest BCUT2D eigenvalue weighted by Gasteiger charge is -2.17. The Morgan fingerprint density at radius 3 is 2.42 bits per heavy atom. The second-order valence-corrected chi connectivity index (χ2v) is 9.65. The van der Waals surface area contributed by atoms with Crippen LogP contribution in [0.5, 0.6) is 5.75 Å². The first-order valence-corrected chi connectivity index (χ1v) is 12.7. The molecule has 2 N–H and O–H groups in total. The van der Waals surface area contributed by atoms with E-state index >= 15 is 0 Å². The number of nitrogens with one attached hydrogen (secondary N) is 2. The van der Waals surface area contributed by atoms with Gasteiger partial charge in [0.05, 0.1) is 18.7 Å². The number of hydrogen-bond acceptors (Lipinski definition) is 4. The summed E-state index contributed by atoms with van der Waals surface area (Å²) in [5, 5.41) is 6.87. The molecule has 0 aliphatic carbocycles. The number of benzene rings is 3. The lowest BCUT2D eigenvalue weighted by atomic mass is 10.1. The molecule has 4 aromatic rings. The van der Waals surface area contributed by atoms with Gasteiger partial charge in [-0.2, -0.15) is 0 Å². The second-order valence-electron chi connectivity index (χ2n) is 9.22. The maximum atomic E-state index is 13.3. The fraction of sp³-hybridized carbons (Fsp3) is 0.233. The molecule has 0 spiro atoms. The van der Waals surface area contributed by atoms with E-state index in [9.17, 15) is 14.4 Å². The Balaban J connectivity index is 1.54. The molecule has 4 rings (SSSR count). The highest BCUT2D eigenvalue weighted by molar-refractivity contribution is 6.30. The number of carbonyl (C=O) groups is 2. The van der Waals surface area contributed by atoms with Crippen LogP contribution in [-0.4, -0.2) is 30.0 Å². The summed E-state index contributed by atoms with van der Waals surface area (Å²) in [5.74, 6) is -0.00695. The number of aromatic nitrogens is 1. The summed E-state index contributed by atoms with van der Waals surface area (Å²) >= 11 is 5.93. The van der Waals surface area contributed by atoms with Gasteiger partial charge in [0.2, 0.25) is 11.3 Å². The first kappa shape index (κ1) is 26.9. The van der Waals surface area contributed by atoms with Crippen molar-refractivity contribution in [1.29, 1.82) is 0 Å². The Morgan fingerprint density at radius 2 is 1.74 bits per heavy atom. The summed E-state index contributed by atoms with van der Waals surface area (Å²) in [4.78, 5) is 39.3. The highest BCUT2D eigenvalue weighted by Crippen LogP contribution is 2.19. The van der Waals surface area contributed by atoms with E-state index < -0.39 is 5.91 Å². The van der Waals surface area contributed by atoms with Crippen molar-refractivity contribution in [1.82, 2.24) is 15.2 Å². The average Bonchev–Trinajstić information content (AvgIpc) is 2.91. The van der Waals surface area contributed by atoms with Crippen LogP contribution < -0.4 is 20.8 Å². The number of ether oxygens (including phenoxy) is 1. The summed E-state index contributed by atoms with van der Waals surface area (Å²) in [6, 6.07) is 19.8. The minimum atomic E-state index is -0.502. The van der Waals surface area contributed by atoms with Gasteiger partial charge in [-0.25, -0.2) is 0 Å². The number of aryl methyl sites for hydroxylation is 1. The van der Waals surface area contributed by atoms with Crippen LogP contribution in [0.15, 0.2) is 77.7 Å². The Morgan fingerprint density at radius 1 is 1.03 bits per heavy atom. The van der Waals surface area contributed by atoms with Crippen molar-refractivity contribution in [2.45, 2.75) is 32.9 Å². The molecular formula is C30H30ClN3O4. The van der Waals surface area contributed by atoms with E-state index in [-0.39, 0.29) is 29.5 Å². The highest BCUT2D eigenvalue weighted by atomic mass is 35.5. The van der Waals surface area contributed by atoms with Crippen molar-refractivity contribution in [2.24, 2.45) is 0 Å². The first-order chi connectivity index (χ1) is 18.2. The normalized spacial score (nSPS) is 11.7. The molecule has 0 bridgehead atoms. The van der Waals surface area contributed by atoms with Crippen LogP contribution in [0.3, 0.4) is 0 Å². The van der Waals surface area contributed by atoms with E-state index in [0.29, 0.717) is 34.6 Å². The van der Waals surface area contributed by atoms with Crippen LogP contribution in [0.4, 0.5) is 0 Å². The fourth-order valence-electron chi connectivity index (χ4n) is 4.25. The van der Waals surface area contributed by atoms with Crippen LogP contribution >= 0.6 is 11.6 Å². The minimum absolute atomic E-state index is 0.0179. The predicted molar refractivity (Wildman–Crippen MR) is 150 cm³/mol. The number of methoxy groups -OCH3 is 1. The maximum absolute atomic E-state index is 13.3. The van der Waals surface area contributed by atoms with Gasteiger partial charge in [0.1, 0.15) is 17.9 Å². The average molecular weight is 532 g/mol. The van der Waals surface area contributed by atoms with Crippen LogP contribution in [0, 0.1) is 6.92 Å². The van der Waals surface area contributed by atoms with E-state index in [0.717, 1.165) is 16.7 Å². The quantitative estimate of drug-likeness (QED) is 0.324. The van der Waals surface area contributed by atoms with Gasteiger partial charge in [-0.05, 0) is 73.4 Å². The second kappa shape index (κ2) is 12.0. The summed E-state index contributed by atoms with van der Waals surface area (Å²) in [6.45, 7) is 4.17. The van der Waals surface area contributed by atoms with Crippen LogP contribution in [-0.2, 0) is 17.8 Å². The molecule has 7 nitrogen and oxygen atoms in total. The van der Waals surface area contributed by atoms with E-state index in [1.54, 1.807) is 17.7 Å². The summed E-state index contributed by atoms with van der Waals surface area (Å²) in [6.07, 6.45) is 2.13. The molecule has 38 heavy (non-hydrogen) atoms. The number of pyridine rings is 1. The minimum Gasteiger partial charge on any atom is -0.497 e. The molecular weight excluding hydrogens is 502 g/mol. The van der Waals surface area contributed by atoms with Gasteiger partial charge in [0.15, 0.2) is 0 Å². The van der Waals surface area contributed by atoms with E-state index in [1.807, 2.05) is 74.5 Å². The van der Waals surface area contributed by atoms with Crippen molar-refractivity contribution >= 4 is 34.3 Å². The molecule has 3 aromatic carbocycles. The van der Waals surface area contributed by atoms with Gasteiger partial charge in [-0.15, -0.1) is 0 Å². The van der Waals surface area contributed by atoms with Crippen LogP contribution in [0.2, 0.25) is 5.02 Å². The third-order valence-electron chi connectivity index (χ3n) is 6.41. The Bertz CT molecular complexity index is 1510. The Labute approximate surface area is 226 Å². The monoisotopic (exact) mass is 531 g/mol. The number of halogens is 1. The standard InChI is InChI=1S/C30H30ClN3O4/c1-19-4-13-25-27(16-19)34(18-28(35)32-15-14-21-5-9-23(31)10-6-21)17-26(29(25)36)30(37)33-20(2)22-7-11-24(38-3)12-8-22/h4-13,16-17,20H,14-15,18H2,1-3H3,(H,32,35)(H,33,37)/t20-/m0/s1. The van der Waals surface area contributed by atoms with Crippen LogP contribution in [0.1, 0.15) is 40.0 Å². The Kier molecular flexibility index (Phi) is 8.48. The summed E-state index contributed by atoms with van der Waals surface area (Å²) in [5.41, 5.74) is 3.08. The molecule has 0 aliphatic heterocycles. The number of hydrogen-bond donors (Lipinski definition) is 2. The molecule has 0 radical (unpaired) electrons. The molecule has 0 saturated heterocycles. The fourth-order valence-corrected chi connectivity index (χ4v) is 4.38. The lowest BCUT2D eigenvalue weighted by molar-refractivity contribution is -0.121. The molecule has 8 heteroatoms. The molecule has 1 heterocycles. The number of rotatable bonds is 9. The number of amides is 2. The van der Waals surface area contributed by atoms with Gasteiger partial charge in [0.25, 0.3) is 5.91 Å². The molecule has 2 amide bonds. The lowest BCUT2D eigenvalue weighted by Crippen LogP contribution is -2.33. The third-order valence-corrected chi connectivity index (χ3v) is 6.66. The van der Waals surface area contributed by atoms with Gasteiger partial charge in [0, 0.05) is 23.2 Å². The van der Waals surface area contributed by atoms with Crippen molar-refractivity contribution < 1.29 is 14.3 Å². The maximum Gasteiger partial charge on any atom is 0.257 e. The van der Waals surface area contributed by atoms with Gasteiger partial charge >= 0.3 is 0 Å². The molecule has 1 aromatic heterocycles. The van der Waals surface area contributed by atoms with E-state index in [1.165, 1.54) is 6.20 Å². The molecule has 0 unspecified atom stereocenters. The van der Waals surface area contributed by atoms with Gasteiger partial charge in [-0.3, -0.25) is 14.4 Å². The van der Waals surface area contributed by atoms with Crippen molar-refractivity contribution in [3.63, 3.8) is 0 Å². The summed E-state index contributed by atoms with van der Waals surface area (Å²) < 4.78 is 6.85. The van der Waals surface area contributed by atoms with Crippen molar-refractivity contribution in [2.75, 3.05) is 13.7 Å². The molecule has 0 aliphatic rings. The largest absolute Gasteiger partial charge is 0.497 e. The Hall–Kier alpha value is -4.10. The molecule has 0 fully saturated rings. The van der Waals surface area contributed by atoms with Gasteiger partial charge < -0.3 is 19.9 Å². The zero-order valence-corrected chi connectivity index (χ0v) is 22.3. The van der Waals surface area contributed by atoms with Gasteiger partial charge in [-0.1, -0.05) is 41.9 Å². The first-order valence-electron chi connectivity index (χ1n) is 12.3. The zero-order valence-electron chi connectivity index (χ0n) is 21.6. The predicted octanol–water partition coefficient (Wildman–Crippen LogP) is 4.82. The topological polar surface area (TPSA) is 89.4 Å². The van der Waals surface area contributed by atoms with E-state index in [2.05, 4.69) is 10.6 Å². The molecule has 1 atom stereocenters. The molecule has 0 saturated carbocycles. The van der Waals surface area contributed by atoms with E-state index in [4.69, 9.17) is 16.3 Å². The number of fused-ring (bicyclic) bond motifs is 1. The zero-order chi connectivity index (χ0) is 27.2. The smallest absolute Gasteiger partial charge is 0.257 e. The summed E-state index contributed by atoms with van der Waals surface area (Å²) in [7, 11) is 1.59. The SMILES string of the molecule is COc1ccc([C@H](C)NC(=O)c2cn(CC(=O)NCCc3ccc(Cl)cc3)c3cc(C)ccc3c2=O)cc1. The van der Waals surface area contributed by atoms with Crippen molar-refractivity contribution in [3.05, 3.63) is 110 Å². The van der Waals surface area contributed by atoms with Crippen molar-refractivity contribution in [3.8, 4) is 5.75 Å². The molecule has 196 valence electrons.